The largest absolute Gasteiger partial charge is 0.481 e. The van der Waals surface area contributed by atoms with Gasteiger partial charge in [-0.2, -0.15) is 0 Å². The molecule has 0 amide bonds. The predicted octanol–water partition coefficient (Wildman–Crippen LogP) is 2.73. The molecule has 1 fully saturated rings. The van der Waals surface area contributed by atoms with E-state index in [2.05, 4.69) is 12.1 Å². The van der Waals surface area contributed by atoms with Crippen molar-refractivity contribution in [1.82, 2.24) is 0 Å². The molecular formula is C14H18O3. The minimum absolute atomic E-state index is 0.114. The average Bonchev–Trinajstić information content (AvgIpc) is 2.25. The summed E-state index contributed by atoms with van der Waals surface area (Å²) >= 11 is 0. The molecule has 0 aromatic heterocycles. The van der Waals surface area contributed by atoms with Crippen molar-refractivity contribution in [2.75, 3.05) is 7.11 Å². The van der Waals surface area contributed by atoms with Gasteiger partial charge in [0.25, 0.3) is 0 Å². The van der Waals surface area contributed by atoms with E-state index in [-0.39, 0.29) is 11.8 Å². The van der Waals surface area contributed by atoms with E-state index in [0.29, 0.717) is 6.61 Å². The fourth-order valence-corrected chi connectivity index (χ4v) is 2.58. The second-order valence-corrected chi connectivity index (χ2v) is 4.83. The van der Waals surface area contributed by atoms with Crippen molar-refractivity contribution in [1.29, 1.82) is 0 Å². The maximum atomic E-state index is 10.9. The Hall–Kier alpha value is -1.35. The zero-order valence-corrected chi connectivity index (χ0v) is 10.1. The summed E-state index contributed by atoms with van der Waals surface area (Å²) in [5, 5.41) is 8.99. The van der Waals surface area contributed by atoms with Gasteiger partial charge in [-0.05, 0) is 24.0 Å². The molecule has 1 aliphatic carbocycles. The number of ether oxygens (including phenoxy) is 1. The minimum Gasteiger partial charge on any atom is -0.481 e. The molecular weight excluding hydrogens is 216 g/mol. The number of carbonyl (C=O) groups is 1. The zero-order chi connectivity index (χ0) is 12.3. The van der Waals surface area contributed by atoms with Crippen LogP contribution in [0.5, 0.6) is 0 Å². The van der Waals surface area contributed by atoms with Gasteiger partial charge in [0.1, 0.15) is 0 Å². The van der Waals surface area contributed by atoms with Crippen LogP contribution in [0.25, 0.3) is 0 Å². The molecule has 17 heavy (non-hydrogen) atoms. The Bertz CT molecular complexity index is 390. The van der Waals surface area contributed by atoms with E-state index < -0.39 is 5.97 Å². The highest BCUT2D eigenvalue weighted by Gasteiger charge is 2.40. The SMILES string of the molecule is COCc1ccc(C2(CC(=O)O)CCC2)cc1. The molecule has 0 spiro atoms. The number of carboxylic acids is 1. The van der Waals surface area contributed by atoms with E-state index in [1.165, 1.54) is 0 Å². The standard InChI is InChI=1S/C14H18O3/c1-17-10-11-3-5-12(6-4-11)14(7-2-8-14)9-13(15)16/h3-6H,2,7-10H2,1H3,(H,15,16). The molecule has 0 bridgehead atoms. The first-order chi connectivity index (χ1) is 8.16. The van der Waals surface area contributed by atoms with Gasteiger partial charge in [-0.3, -0.25) is 4.79 Å². The van der Waals surface area contributed by atoms with Gasteiger partial charge in [0.05, 0.1) is 13.0 Å². The molecule has 0 unspecified atom stereocenters. The van der Waals surface area contributed by atoms with Crippen molar-refractivity contribution >= 4 is 5.97 Å². The van der Waals surface area contributed by atoms with Gasteiger partial charge in [0.2, 0.25) is 0 Å². The molecule has 2 rings (SSSR count). The first-order valence-electron chi connectivity index (χ1n) is 5.96. The lowest BCUT2D eigenvalue weighted by Gasteiger charge is -2.41. The van der Waals surface area contributed by atoms with E-state index in [0.717, 1.165) is 30.4 Å². The number of benzene rings is 1. The Morgan fingerprint density at radius 1 is 1.35 bits per heavy atom. The maximum absolute atomic E-state index is 10.9. The Balaban J connectivity index is 2.17. The molecule has 1 aromatic rings. The van der Waals surface area contributed by atoms with Crippen LogP contribution < -0.4 is 0 Å². The van der Waals surface area contributed by atoms with Gasteiger partial charge in [-0.1, -0.05) is 30.7 Å². The third kappa shape index (κ3) is 2.50. The zero-order valence-electron chi connectivity index (χ0n) is 10.1. The second-order valence-electron chi connectivity index (χ2n) is 4.83. The van der Waals surface area contributed by atoms with Crippen LogP contribution in [0.4, 0.5) is 0 Å². The van der Waals surface area contributed by atoms with Crippen molar-refractivity contribution in [3.05, 3.63) is 35.4 Å². The van der Waals surface area contributed by atoms with Gasteiger partial charge in [-0.15, -0.1) is 0 Å². The van der Waals surface area contributed by atoms with Crippen LogP contribution in [0, 0.1) is 0 Å². The summed E-state index contributed by atoms with van der Waals surface area (Å²) in [5.74, 6) is -0.703. The summed E-state index contributed by atoms with van der Waals surface area (Å²) in [6.07, 6.45) is 3.36. The Morgan fingerprint density at radius 2 is 2.00 bits per heavy atom. The lowest BCUT2D eigenvalue weighted by molar-refractivity contribution is -0.139. The summed E-state index contributed by atoms with van der Waals surface area (Å²) in [4.78, 5) is 10.9. The molecule has 0 atom stereocenters. The lowest BCUT2D eigenvalue weighted by Crippen LogP contribution is -2.36. The Labute approximate surface area is 101 Å². The molecule has 3 heteroatoms. The summed E-state index contributed by atoms with van der Waals surface area (Å²) in [7, 11) is 1.67. The Kier molecular flexibility index (Phi) is 3.48. The van der Waals surface area contributed by atoms with Crippen LogP contribution in [0.1, 0.15) is 36.8 Å². The van der Waals surface area contributed by atoms with Crippen molar-refractivity contribution < 1.29 is 14.6 Å². The first kappa shape index (κ1) is 12.1. The van der Waals surface area contributed by atoms with E-state index in [1.807, 2.05) is 12.1 Å². The first-order valence-corrected chi connectivity index (χ1v) is 5.96. The molecule has 3 nitrogen and oxygen atoms in total. The number of aliphatic carboxylic acids is 1. The van der Waals surface area contributed by atoms with Crippen LogP contribution in [0.15, 0.2) is 24.3 Å². The summed E-state index contributed by atoms with van der Waals surface area (Å²) < 4.78 is 5.06. The maximum Gasteiger partial charge on any atom is 0.304 e. The molecule has 1 saturated carbocycles. The highest BCUT2D eigenvalue weighted by Crippen LogP contribution is 2.46. The molecule has 92 valence electrons. The number of methoxy groups -OCH3 is 1. The predicted molar refractivity (Wildman–Crippen MR) is 64.9 cm³/mol. The highest BCUT2D eigenvalue weighted by atomic mass is 16.5. The van der Waals surface area contributed by atoms with Crippen molar-refractivity contribution in [2.45, 2.75) is 37.7 Å². The summed E-state index contributed by atoms with van der Waals surface area (Å²) in [6.45, 7) is 0.603. The highest BCUT2D eigenvalue weighted by molar-refractivity contribution is 5.69. The van der Waals surface area contributed by atoms with Crippen molar-refractivity contribution in [3.63, 3.8) is 0 Å². The fourth-order valence-electron chi connectivity index (χ4n) is 2.58. The van der Waals surface area contributed by atoms with E-state index in [9.17, 15) is 4.79 Å². The van der Waals surface area contributed by atoms with Gasteiger partial charge in [0.15, 0.2) is 0 Å². The summed E-state index contributed by atoms with van der Waals surface area (Å²) in [6, 6.07) is 8.16. The van der Waals surface area contributed by atoms with E-state index in [1.54, 1.807) is 7.11 Å². The molecule has 0 aliphatic heterocycles. The van der Waals surface area contributed by atoms with Crippen LogP contribution in [-0.4, -0.2) is 18.2 Å². The number of carboxylic acid groups (broad SMARTS) is 1. The van der Waals surface area contributed by atoms with Gasteiger partial charge in [0, 0.05) is 12.5 Å². The average molecular weight is 234 g/mol. The molecule has 0 saturated heterocycles. The molecule has 1 aliphatic rings. The van der Waals surface area contributed by atoms with Gasteiger partial charge >= 0.3 is 5.97 Å². The van der Waals surface area contributed by atoms with Crippen LogP contribution in [0.3, 0.4) is 0 Å². The minimum atomic E-state index is -0.703. The van der Waals surface area contributed by atoms with Gasteiger partial charge in [-0.25, -0.2) is 0 Å². The molecule has 0 heterocycles. The Morgan fingerprint density at radius 3 is 2.41 bits per heavy atom. The topological polar surface area (TPSA) is 46.5 Å². The van der Waals surface area contributed by atoms with Crippen LogP contribution in [-0.2, 0) is 21.6 Å². The number of hydrogen-bond donors (Lipinski definition) is 1. The van der Waals surface area contributed by atoms with E-state index >= 15 is 0 Å². The number of rotatable bonds is 5. The normalized spacial score (nSPS) is 17.5. The van der Waals surface area contributed by atoms with Crippen molar-refractivity contribution in [2.24, 2.45) is 0 Å². The quantitative estimate of drug-likeness (QED) is 0.852. The van der Waals surface area contributed by atoms with E-state index in [4.69, 9.17) is 9.84 Å². The molecule has 0 radical (unpaired) electrons. The molecule has 1 aromatic carbocycles. The third-order valence-electron chi connectivity index (χ3n) is 3.68. The summed E-state index contributed by atoms with van der Waals surface area (Å²) in [5.41, 5.74) is 2.17. The number of hydrogen-bond acceptors (Lipinski definition) is 2. The lowest BCUT2D eigenvalue weighted by atomic mass is 9.62. The third-order valence-corrected chi connectivity index (χ3v) is 3.68. The van der Waals surface area contributed by atoms with Crippen LogP contribution >= 0.6 is 0 Å². The monoisotopic (exact) mass is 234 g/mol. The van der Waals surface area contributed by atoms with Gasteiger partial charge < -0.3 is 9.84 Å². The second kappa shape index (κ2) is 4.88. The fraction of sp³-hybridized carbons (Fsp3) is 0.500. The van der Waals surface area contributed by atoms with Crippen molar-refractivity contribution in [3.8, 4) is 0 Å². The smallest absolute Gasteiger partial charge is 0.304 e. The van der Waals surface area contributed by atoms with Crippen LogP contribution in [0.2, 0.25) is 0 Å². The molecule has 1 N–H and O–H groups in total.